The molecule has 0 atom stereocenters. The van der Waals surface area contributed by atoms with Crippen LogP contribution < -0.4 is 5.32 Å². The Labute approximate surface area is 116 Å². The third-order valence-electron chi connectivity index (χ3n) is 2.23. The molecule has 0 saturated carbocycles. The van der Waals surface area contributed by atoms with E-state index < -0.39 is 10.8 Å². The number of nitrogens with zero attached hydrogens (tertiary/aromatic N) is 1. The summed E-state index contributed by atoms with van der Waals surface area (Å²) in [5.41, 5.74) is 0.653. The molecule has 0 aliphatic heterocycles. The van der Waals surface area contributed by atoms with E-state index in [1.54, 1.807) is 12.1 Å². The van der Waals surface area contributed by atoms with Gasteiger partial charge in [0.25, 0.3) is 11.6 Å². The summed E-state index contributed by atoms with van der Waals surface area (Å²) in [7, 11) is 0. The largest absolute Gasteiger partial charge is 0.351 e. The van der Waals surface area contributed by atoms with Crippen molar-refractivity contribution < 1.29 is 9.72 Å². The molecule has 6 nitrogen and oxygen atoms in total. The Balaban J connectivity index is 2.11. The predicted octanol–water partition coefficient (Wildman–Crippen LogP) is 2.78. The molecule has 18 heavy (non-hydrogen) atoms. The van der Waals surface area contributed by atoms with Gasteiger partial charge >= 0.3 is 0 Å². The molecule has 0 aliphatic rings. The minimum absolute atomic E-state index is 0.136. The highest BCUT2D eigenvalue weighted by molar-refractivity contribution is 14.1. The number of nitro groups is 1. The Kier molecular flexibility index (Phi) is 3.60. The highest BCUT2D eigenvalue weighted by Crippen LogP contribution is 2.15. The van der Waals surface area contributed by atoms with E-state index in [1.165, 1.54) is 12.3 Å². The lowest BCUT2D eigenvalue weighted by molar-refractivity contribution is -0.384. The third-order valence-corrected chi connectivity index (χ3v) is 2.94. The first kappa shape index (κ1) is 12.6. The number of rotatable bonds is 3. The van der Waals surface area contributed by atoms with Gasteiger partial charge in [-0.3, -0.25) is 14.9 Å². The predicted molar refractivity (Wildman–Crippen MR) is 74.6 cm³/mol. The van der Waals surface area contributed by atoms with Gasteiger partial charge in [-0.1, -0.05) is 0 Å². The summed E-state index contributed by atoms with van der Waals surface area (Å²) in [5.74, 6) is -0.413. The quantitative estimate of drug-likeness (QED) is 0.503. The smallest absolute Gasteiger partial charge is 0.287 e. The van der Waals surface area contributed by atoms with Crippen molar-refractivity contribution in [3.63, 3.8) is 0 Å². The zero-order valence-electron chi connectivity index (χ0n) is 9.01. The van der Waals surface area contributed by atoms with Crippen LogP contribution in [0.15, 0.2) is 36.5 Å². The summed E-state index contributed by atoms with van der Waals surface area (Å²) < 4.78 is 1.06. The van der Waals surface area contributed by atoms with Crippen molar-refractivity contribution in [1.29, 1.82) is 0 Å². The van der Waals surface area contributed by atoms with Crippen molar-refractivity contribution >= 4 is 39.9 Å². The van der Waals surface area contributed by atoms with Crippen molar-refractivity contribution in [2.45, 2.75) is 0 Å². The fourth-order valence-corrected chi connectivity index (χ4v) is 1.71. The van der Waals surface area contributed by atoms with Gasteiger partial charge in [0.15, 0.2) is 0 Å². The Morgan fingerprint density at radius 2 is 2.00 bits per heavy atom. The molecular formula is C11H8IN3O3. The number of aromatic nitrogens is 1. The van der Waals surface area contributed by atoms with E-state index in [1.807, 2.05) is 12.1 Å². The Morgan fingerprint density at radius 3 is 2.56 bits per heavy atom. The average Bonchev–Trinajstić information content (AvgIpc) is 2.81. The van der Waals surface area contributed by atoms with E-state index in [-0.39, 0.29) is 11.4 Å². The number of carbonyl (C=O) groups is 1. The summed E-state index contributed by atoms with van der Waals surface area (Å²) in [6, 6.07) is 8.43. The van der Waals surface area contributed by atoms with Crippen LogP contribution in [0.25, 0.3) is 0 Å². The maximum Gasteiger partial charge on any atom is 0.287 e. The van der Waals surface area contributed by atoms with Crippen LogP contribution in [-0.4, -0.2) is 15.8 Å². The van der Waals surface area contributed by atoms with Gasteiger partial charge in [0.2, 0.25) is 0 Å². The van der Waals surface area contributed by atoms with E-state index in [0.29, 0.717) is 5.69 Å². The van der Waals surface area contributed by atoms with E-state index in [4.69, 9.17) is 0 Å². The maximum absolute atomic E-state index is 11.8. The zero-order valence-corrected chi connectivity index (χ0v) is 11.2. The van der Waals surface area contributed by atoms with Crippen LogP contribution in [0.5, 0.6) is 0 Å². The molecule has 0 fully saturated rings. The normalized spacial score (nSPS) is 10.1. The SMILES string of the molecule is O=C(Nc1ccc(I)cc1)c1cc([N+](=O)[O-])c[nH]1. The van der Waals surface area contributed by atoms with Gasteiger partial charge in [-0.25, -0.2) is 0 Å². The van der Waals surface area contributed by atoms with E-state index >= 15 is 0 Å². The van der Waals surface area contributed by atoms with Crippen molar-refractivity contribution in [3.05, 3.63) is 55.9 Å². The Morgan fingerprint density at radius 1 is 1.33 bits per heavy atom. The molecule has 0 aliphatic carbocycles. The van der Waals surface area contributed by atoms with E-state index in [0.717, 1.165) is 3.57 Å². The second-order valence-electron chi connectivity index (χ2n) is 3.49. The lowest BCUT2D eigenvalue weighted by Gasteiger charge is -2.02. The van der Waals surface area contributed by atoms with Crippen molar-refractivity contribution in [2.24, 2.45) is 0 Å². The van der Waals surface area contributed by atoms with Gasteiger partial charge in [-0.15, -0.1) is 0 Å². The van der Waals surface area contributed by atoms with Crippen molar-refractivity contribution in [1.82, 2.24) is 4.98 Å². The molecule has 2 N–H and O–H groups in total. The molecule has 7 heteroatoms. The minimum atomic E-state index is -0.557. The average molecular weight is 357 g/mol. The van der Waals surface area contributed by atoms with E-state index in [9.17, 15) is 14.9 Å². The lowest BCUT2D eigenvalue weighted by Crippen LogP contribution is -2.12. The molecule has 0 unspecified atom stereocenters. The maximum atomic E-state index is 11.8. The minimum Gasteiger partial charge on any atom is -0.351 e. The first-order valence-corrected chi connectivity index (χ1v) is 6.04. The molecule has 2 aromatic rings. The number of hydrogen-bond acceptors (Lipinski definition) is 3. The number of nitrogens with one attached hydrogen (secondary N) is 2. The summed E-state index contributed by atoms with van der Waals surface area (Å²) in [6.07, 6.45) is 1.18. The van der Waals surface area contributed by atoms with Gasteiger partial charge < -0.3 is 10.3 Å². The van der Waals surface area contributed by atoms with Crippen LogP contribution >= 0.6 is 22.6 Å². The topological polar surface area (TPSA) is 88.0 Å². The fourth-order valence-electron chi connectivity index (χ4n) is 1.35. The second-order valence-corrected chi connectivity index (χ2v) is 4.74. The number of amides is 1. The molecule has 0 radical (unpaired) electrons. The van der Waals surface area contributed by atoms with Gasteiger partial charge in [-0.05, 0) is 46.9 Å². The number of anilines is 1. The number of benzene rings is 1. The Hall–Kier alpha value is -1.90. The standard InChI is InChI=1S/C11H8IN3O3/c12-7-1-3-8(4-2-7)14-11(16)10-5-9(6-13-10)15(17)18/h1-6,13H,(H,14,16). The van der Waals surface area contributed by atoms with Gasteiger partial charge in [-0.2, -0.15) is 0 Å². The first-order chi connectivity index (χ1) is 8.56. The molecule has 2 rings (SSSR count). The number of aromatic amines is 1. The summed E-state index contributed by atoms with van der Waals surface area (Å²) >= 11 is 2.16. The van der Waals surface area contributed by atoms with Crippen LogP contribution in [0.1, 0.15) is 10.5 Å². The molecule has 0 saturated heterocycles. The monoisotopic (exact) mass is 357 g/mol. The number of halogens is 1. The molecule has 0 spiro atoms. The Bertz CT molecular complexity index is 592. The lowest BCUT2D eigenvalue weighted by atomic mass is 10.3. The molecule has 1 amide bonds. The highest BCUT2D eigenvalue weighted by atomic mass is 127. The highest BCUT2D eigenvalue weighted by Gasteiger charge is 2.14. The van der Waals surface area contributed by atoms with Gasteiger partial charge in [0.05, 0.1) is 11.1 Å². The number of carbonyl (C=O) groups excluding carboxylic acids is 1. The van der Waals surface area contributed by atoms with Gasteiger partial charge in [0.1, 0.15) is 5.69 Å². The summed E-state index contributed by atoms with van der Waals surface area (Å²) in [5, 5.41) is 13.1. The molecule has 92 valence electrons. The van der Waals surface area contributed by atoms with Crippen LogP contribution in [-0.2, 0) is 0 Å². The van der Waals surface area contributed by atoms with Crippen LogP contribution in [0, 0.1) is 13.7 Å². The number of hydrogen-bond donors (Lipinski definition) is 2. The molecular weight excluding hydrogens is 349 g/mol. The van der Waals surface area contributed by atoms with Crippen LogP contribution in [0.4, 0.5) is 11.4 Å². The van der Waals surface area contributed by atoms with Crippen LogP contribution in [0.2, 0.25) is 0 Å². The molecule has 1 aromatic heterocycles. The van der Waals surface area contributed by atoms with Crippen molar-refractivity contribution in [3.8, 4) is 0 Å². The third kappa shape index (κ3) is 2.86. The zero-order chi connectivity index (χ0) is 13.1. The van der Waals surface area contributed by atoms with Gasteiger partial charge in [0, 0.05) is 15.3 Å². The number of H-pyrrole nitrogens is 1. The summed E-state index contributed by atoms with van der Waals surface area (Å²) in [6.45, 7) is 0. The van der Waals surface area contributed by atoms with E-state index in [2.05, 4.69) is 32.9 Å². The molecule has 1 aromatic carbocycles. The molecule has 1 heterocycles. The van der Waals surface area contributed by atoms with Crippen molar-refractivity contribution in [2.75, 3.05) is 5.32 Å². The second kappa shape index (κ2) is 5.17. The molecule has 0 bridgehead atoms. The fraction of sp³-hybridized carbons (Fsp3) is 0. The first-order valence-electron chi connectivity index (χ1n) is 4.96. The summed E-state index contributed by atoms with van der Waals surface area (Å²) in [4.78, 5) is 24.3. The van der Waals surface area contributed by atoms with Crippen LogP contribution in [0.3, 0.4) is 0 Å².